The maximum atomic E-state index is 11.5. The molecule has 83 valence electrons. The second kappa shape index (κ2) is 3.12. The lowest BCUT2D eigenvalue weighted by molar-refractivity contribution is -0.159. The van der Waals surface area contributed by atoms with Crippen molar-refractivity contribution in [3.8, 4) is 0 Å². The number of thioether (sulfide) groups is 1. The van der Waals surface area contributed by atoms with Gasteiger partial charge in [-0.1, -0.05) is 0 Å². The van der Waals surface area contributed by atoms with Crippen LogP contribution < -0.4 is 5.73 Å². The number of rotatable bonds is 1. The van der Waals surface area contributed by atoms with Crippen molar-refractivity contribution in [3.63, 3.8) is 0 Å². The zero-order valence-corrected chi connectivity index (χ0v) is 9.41. The molecule has 0 aromatic rings. The van der Waals surface area contributed by atoms with Gasteiger partial charge in [0.25, 0.3) is 0 Å². The van der Waals surface area contributed by atoms with Gasteiger partial charge >= 0.3 is 5.97 Å². The van der Waals surface area contributed by atoms with Crippen LogP contribution in [-0.4, -0.2) is 39.0 Å². The van der Waals surface area contributed by atoms with Crippen LogP contribution in [0, 0.1) is 7.11 Å². The summed E-state index contributed by atoms with van der Waals surface area (Å²) < 4.78 is 4.10. The summed E-state index contributed by atoms with van der Waals surface area (Å²) >= 11 is 1.53. The summed E-state index contributed by atoms with van der Waals surface area (Å²) in [6.07, 6.45) is 0. The third-order valence-electron chi connectivity index (χ3n) is 2.85. The molecule has 0 bridgehead atoms. The van der Waals surface area contributed by atoms with Gasteiger partial charge in [-0.25, -0.2) is 4.79 Å². The van der Waals surface area contributed by atoms with Gasteiger partial charge in [0.2, 0.25) is 5.91 Å². The maximum Gasteiger partial charge on any atom is 0.330 e. The van der Waals surface area contributed by atoms with E-state index in [9.17, 15) is 9.59 Å². The number of amides is 1. The lowest BCUT2D eigenvalue weighted by atomic mass is 9.96. The molecule has 6 heteroatoms. The van der Waals surface area contributed by atoms with Gasteiger partial charge in [-0.3, -0.25) is 4.79 Å². The Hall–Kier alpha value is -0.750. The highest BCUT2D eigenvalue weighted by molar-refractivity contribution is 8.01. The average Bonchev–Trinajstić information content (AvgIpc) is 2.45. The van der Waals surface area contributed by atoms with E-state index in [4.69, 9.17) is 5.73 Å². The van der Waals surface area contributed by atoms with E-state index < -0.39 is 18.1 Å². The lowest BCUT2D eigenvalue weighted by Crippen LogP contribution is -2.68. The Morgan fingerprint density at radius 1 is 1.67 bits per heavy atom. The molecule has 2 N–H and O–H groups in total. The fraction of sp³-hybridized carbons (Fsp3) is 0.667. The van der Waals surface area contributed by atoms with Crippen LogP contribution in [-0.2, 0) is 14.3 Å². The van der Waals surface area contributed by atoms with Gasteiger partial charge in [-0.15, -0.1) is 11.8 Å². The number of fused-ring (bicyclic) bond motifs is 1. The van der Waals surface area contributed by atoms with E-state index in [0.717, 1.165) is 0 Å². The number of hydrogen-bond donors (Lipinski definition) is 1. The minimum Gasteiger partial charge on any atom is -0.460 e. The maximum absolute atomic E-state index is 11.5. The minimum atomic E-state index is -0.572. The molecule has 0 aromatic heterocycles. The molecule has 5 nitrogen and oxygen atoms in total. The quantitative estimate of drug-likeness (QED) is 0.494. The Kier molecular flexibility index (Phi) is 2.24. The summed E-state index contributed by atoms with van der Waals surface area (Å²) in [6, 6.07) is -1.06. The predicted molar refractivity (Wildman–Crippen MR) is 55.5 cm³/mol. The third-order valence-corrected chi connectivity index (χ3v) is 4.44. The average molecular weight is 229 g/mol. The monoisotopic (exact) mass is 229 g/mol. The highest BCUT2D eigenvalue weighted by Gasteiger charge is 2.62. The van der Waals surface area contributed by atoms with Crippen LogP contribution in [0.5, 0.6) is 0 Å². The molecule has 0 spiro atoms. The van der Waals surface area contributed by atoms with E-state index >= 15 is 0 Å². The summed E-state index contributed by atoms with van der Waals surface area (Å²) in [5.74, 6) is -0.663. The van der Waals surface area contributed by atoms with Crippen LogP contribution in [0.15, 0.2) is 0 Å². The van der Waals surface area contributed by atoms with Crippen LogP contribution >= 0.6 is 11.8 Å². The Balaban J connectivity index is 2.29. The van der Waals surface area contributed by atoms with Gasteiger partial charge in [0.1, 0.15) is 24.6 Å². The molecule has 15 heavy (non-hydrogen) atoms. The Morgan fingerprint density at radius 2 is 2.27 bits per heavy atom. The van der Waals surface area contributed by atoms with Crippen molar-refractivity contribution in [2.24, 2.45) is 5.73 Å². The minimum absolute atomic E-state index is 0.100. The molecule has 2 saturated heterocycles. The second-order valence-electron chi connectivity index (χ2n) is 4.25. The van der Waals surface area contributed by atoms with E-state index in [0.29, 0.717) is 0 Å². The zero-order valence-electron chi connectivity index (χ0n) is 8.60. The normalized spacial score (nSPS) is 37.2. The predicted octanol–water partition coefficient (Wildman–Crippen LogP) is -0.289. The first-order valence-electron chi connectivity index (χ1n) is 4.61. The standard InChI is InChI=1S/C9H13N2O3S/c1-9(2)5(8(13)14-3)11-6(12)4(10)7(11)15-9/h4-5,7H,3,10H2,1-2H3/t4-,5+,7-/m1/s1. The van der Waals surface area contributed by atoms with Crippen molar-refractivity contribution < 1.29 is 14.3 Å². The van der Waals surface area contributed by atoms with Gasteiger partial charge in [0, 0.05) is 4.75 Å². The van der Waals surface area contributed by atoms with E-state index in [1.54, 1.807) is 0 Å². The van der Waals surface area contributed by atoms with E-state index in [1.807, 2.05) is 13.8 Å². The topological polar surface area (TPSA) is 72.6 Å². The number of esters is 1. The summed E-state index contributed by atoms with van der Waals surface area (Å²) in [5, 5.41) is -0.100. The molecule has 1 radical (unpaired) electrons. The lowest BCUT2D eigenvalue weighted by Gasteiger charge is -2.41. The van der Waals surface area contributed by atoms with Crippen molar-refractivity contribution >= 4 is 23.6 Å². The number of nitrogens with two attached hydrogens (primary N) is 1. The molecule has 0 aliphatic carbocycles. The summed E-state index contributed by atoms with van der Waals surface area (Å²) in [6.45, 7) is 3.80. The van der Waals surface area contributed by atoms with Crippen LogP contribution in [0.2, 0.25) is 0 Å². The van der Waals surface area contributed by atoms with Crippen LogP contribution in [0.4, 0.5) is 0 Å². The van der Waals surface area contributed by atoms with Crippen molar-refractivity contribution in [2.45, 2.75) is 36.1 Å². The first-order valence-corrected chi connectivity index (χ1v) is 5.49. The Morgan fingerprint density at radius 3 is 2.80 bits per heavy atom. The summed E-state index contributed by atoms with van der Waals surface area (Å²) in [7, 11) is 3.10. The van der Waals surface area contributed by atoms with Gasteiger partial charge in [0.05, 0.1) is 0 Å². The molecule has 0 saturated carbocycles. The number of nitrogens with zero attached hydrogens (tertiary/aromatic N) is 1. The zero-order chi connectivity index (χ0) is 11.4. The molecule has 2 heterocycles. The number of carbonyl (C=O) groups excluding carboxylic acids is 2. The van der Waals surface area contributed by atoms with E-state index in [1.165, 1.54) is 16.7 Å². The number of β-lactam (4-membered cyclic amide) rings is 1. The SMILES string of the molecule is [CH2]OC(=O)[C@@H]1N2C(=O)[C@@H](N)[C@H]2SC1(C)C. The van der Waals surface area contributed by atoms with Gasteiger partial charge in [-0.2, -0.15) is 0 Å². The molecule has 0 unspecified atom stereocenters. The third kappa shape index (κ3) is 1.28. The first kappa shape index (κ1) is 10.8. The highest BCUT2D eigenvalue weighted by atomic mass is 32.2. The van der Waals surface area contributed by atoms with Crippen molar-refractivity contribution in [3.05, 3.63) is 7.11 Å². The number of carbonyl (C=O) groups is 2. The van der Waals surface area contributed by atoms with Crippen LogP contribution in [0.25, 0.3) is 0 Å². The van der Waals surface area contributed by atoms with Crippen molar-refractivity contribution in [1.29, 1.82) is 0 Å². The first-order chi connectivity index (χ1) is 6.90. The molecule has 1 amide bonds. The fourth-order valence-corrected chi connectivity index (χ4v) is 3.66. The van der Waals surface area contributed by atoms with Crippen LogP contribution in [0.1, 0.15) is 13.8 Å². The Bertz CT molecular complexity index is 331. The molecule has 0 aromatic carbocycles. The molecule has 2 aliphatic heterocycles. The largest absolute Gasteiger partial charge is 0.460 e. The number of ether oxygens (including phenoxy) is 1. The van der Waals surface area contributed by atoms with Crippen molar-refractivity contribution in [1.82, 2.24) is 4.90 Å². The van der Waals surface area contributed by atoms with E-state index in [-0.39, 0.29) is 16.0 Å². The molecular formula is C9H13N2O3S. The van der Waals surface area contributed by atoms with Gasteiger partial charge in [-0.05, 0) is 13.8 Å². The molecule has 2 rings (SSSR count). The van der Waals surface area contributed by atoms with Gasteiger partial charge < -0.3 is 15.4 Å². The fourth-order valence-electron chi connectivity index (χ4n) is 2.10. The number of hydrogen-bond acceptors (Lipinski definition) is 5. The second-order valence-corrected chi connectivity index (χ2v) is 6.02. The molecular weight excluding hydrogens is 216 g/mol. The van der Waals surface area contributed by atoms with Crippen molar-refractivity contribution in [2.75, 3.05) is 0 Å². The summed E-state index contributed by atoms with van der Waals surface area (Å²) in [4.78, 5) is 24.6. The Labute approximate surface area is 92.3 Å². The molecule has 2 fully saturated rings. The van der Waals surface area contributed by atoms with E-state index in [2.05, 4.69) is 11.8 Å². The van der Waals surface area contributed by atoms with Gasteiger partial charge in [0.15, 0.2) is 0 Å². The highest BCUT2D eigenvalue weighted by Crippen LogP contribution is 2.50. The van der Waals surface area contributed by atoms with Crippen LogP contribution in [0.3, 0.4) is 0 Å². The molecule has 2 aliphatic rings. The summed E-state index contributed by atoms with van der Waals surface area (Å²) in [5.41, 5.74) is 5.65. The molecule has 3 atom stereocenters. The smallest absolute Gasteiger partial charge is 0.330 e.